The standard InChI is InChI=1S/C24H30N4O7/c1-14(26-22(32)18(25)11-16-7-9-17(30)10-8-16)21(31)28-20(13-29)23(33)27-19(24(34)35)12-15-5-3-2-4-6-15/h2-10,14,18-20,29-30H,11-13,25H2,1H3,(H,26,32)(H,27,33)(H,28,31)(H,34,35). The predicted octanol–water partition coefficient (Wildman–Crippen LogP) is -0.944. The second-order valence-electron chi connectivity index (χ2n) is 8.04. The molecule has 0 radical (unpaired) electrons. The van der Waals surface area contributed by atoms with Crippen molar-refractivity contribution in [2.45, 2.75) is 43.9 Å². The molecule has 4 atom stereocenters. The van der Waals surface area contributed by atoms with Crippen LogP contribution in [-0.2, 0) is 32.0 Å². The van der Waals surface area contributed by atoms with Crippen LogP contribution in [0.4, 0.5) is 0 Å². The molecular formula is C24H30N4O7. The Balaban J connectivity index is 1.90. The molecule has 0 fully saturated rings. The van der Waals surface area contributed by atoms with Gasteiger partial charge in [-0.15, -0.1) is 0 Å². The molecule has 0 heterocycles. The molecule has 0 aliphatic rings. The first-order chi connectivity index (χ1) is 16.6. The number of aromatic hydroxyl groups is 1. The summed E-state index contributed by atoms with van der Waals surface area (Å²) in [6.45, 7) is 0.596. The van der Waals surface area contributed by atoms with Crippen molar-refractivity contribution in [3.63, 3.8) is 0 Å². The molecule has 2 aromatic carbocycles. The van der Waals surface area contributed by atoms with Gasteiger partial charge in [0, 0.05) is 6.42 Å². The molecule has 8 N–H and O–H groups in total. The van der Waals surface area contributed by atoms with Crippen LogP contribution in [-0.4, -0.2) is 69.8 Å². The molecule has 35 heavy (non-hydrogen) atoms. The number of aliphatic carboxylic acids is 1. The fourth-order valence-corrected chi connectivity index (χ4v) is 3.18. The number of benzene rings is 2. The Bertz CT molecular complexity index is 1010. The maximum absolute atomic E-state index is 12.5. The van der Waals surface area contributed by atoms with E-state index in [1.165, 1.54) is 19.1 Å². The fourth-order valence-electron chi connectivity index (χ4n) is 3.18. The zero-order valence-corrected chi connectivity index (χ0v) is 19.2. The Morgan fingerprint density at radius 1 is 0.800 bits per heavy atom. The van der Waals surface area contributed by atoms with Crippen molar-refractivity contribution in [1.29, 1.82) is 0 Å². The summed E-state index contributed by atoms with van der Waals surface area (Å²) < 4.78 is 0. The molecule has 0 bridgehead atoms. The SMILES string of the molecule is CC(NC(=O)C(N)Cc1ccc(O)cc1)C(=O)NC(CO)C(=O)NC(Cc1ccccc1)C(=O)O. The van der Waals surface area contributed by atoms with Gasteiger partial charge in [0.25, 0.3) is 0 Å². The Hall–Kier alpha value is -3.96. The van der Waals surface area contributed by atoms with E-state index >= 15 is 0 Å². The third-order valence-electron chi connectivity index (χ3n) is 5.19. The van der Waals surface area contributed by atoms with Gasteiger partial charge in [-0.2, -0.15) is 0 Å². The van der Waals surface area contributed by atoms with Crippen molar-refractivity contribution in [2.24, 2.45) is 5.73 Å². The number of carbonyl (C=O) groups excluding carboxylic acids is 3. The summed E-state index contributed by atoms with van der Waals surface area (Å²) in [6.07, 6.45) is 0.180. The highest BCUT2D eigenvalue weighted by molar-refractivity contribution is 5.94. The highest BCUT2D eigenvalue weighted by Crippen LogP contribution is 2.11. The van der Waals surface area contributed by atoms with E-state index in [1.54, 1.807) is 42.5 Å². The lowest BCUT2D eigenvalue weighted by Crippen LogP contribution is -2.57. The lowest BCUT2D eigenvalue weighted by molar-refractivity contribution is -0.142. The normalized spacial score (nSPS) is 14.1. The lowest BCUT2D eigenvalue weighted by Gasteiger charge is -2.22. The molecular weight excluding hydrogens is 456 g/mol. The van der Waals surface area contributed by atoms with Gasteiger partial charge in [-0.25, -0.2) is 4.79 Å². The number of nitrogens with one attached hydrogen (secondary N) is 3. The van der Waals surface area contributed by atoms with Gasteiger partial charge < -0.3 is 37.0 Å². The van der Waals surface area contributed by atoms with Crippen molar-refractivity contribution < 1.29 is 34.5 Å². The number of carbonyl (C=O) groups is 4. The molecule has 0 aliphatic heterocycles. The Morgan fingerprint density at radius 2 is 1.37 bits per heavy atom. The van der Waals surface area contributed by atoms with E-state index < -0.39 is 54.5 Å². The summed E-state index contributed by atoms with van der Waals surface area (Å²) in [4.78, 5) is 48.9. The maximum atomic E-state index is 12.5. The fraction of sp³-hybridized carbons (Fsp3) is 0.333. The lowest BCUT2D eigenvalue weighted by atomic mass is 10.1. The Kier molecular flexibility index (Phi) is 10.2. The van der Waals surface area contributed by atoms with Crippen molar-refractivity contribution in [3.8, 4) is 5.75 Å². The number of carboxylic acids is 1. The second kappa shape index (κ2) is 13.1. The van der Waals surface area contributed by atoms with Gasteiger partial charge in [-0.1, -0.05) is 42.5 Å². The van der Waals surface area contributed by atoms with E-state index in [0.717, 1.165) is 0 Å². The van der Waals surface area contributed by atoms with Crippen LogP contribution in [0.15, 0.2) is 54.6 Å². The van der Waals surface area contributed by atoms with Crippen LogP contribution in [0.2, 0.25) is 0 Å². The van der Waals surface area contributed by atoms with Crippen LogP contribution in [0, 0.1) is 0 Å². The monoisotopic (exact) mass is 486 g/mol. The van der Waals surface area contributed by atoms with Crippen LogP contribution in [0.5, 0.6) is 5.75 Å². The molecule has 2 aromatic rings. The van der Waals surface area contributed by atoms with E-state index in [9.17, 15) is 34.5 Å². The molecule has 11 nitrogen and oxygen atoms in total. The molecule has 188 valence electrons. The quantitative estimate of drug-likeness (QED) is 0.200. The largest absolute Gasteiger partial charge is 0.508 e. The first-order valence-electron chi connectivity index (χ1n) is 10.9. The van der Waals surface area contributed by atoms with E-state index in [1.807, 2.05) is 0 Å². The van der Waals surface area contributed by atoms with Crippen LogP contribution in [0.25, 0.3) is 0 Å². The van der Waals surface area contributed by atoms with Crippen LogP contribution in [0.3, 0.4) is 0 Å². The van der Waals surface area contributed by atoms with E-state index in [0.29, 0.717) is 11.1 Å². The van der Waals surface area contributed by atoms with Crippen molar-refractivity contribution in [2.75, 3.05) is 6.61 Å². The number of hydrogen-bond donors (Lipinski definition) is 7. The predicted molar refractivity (Wildman–Crippen MR) is 126 cm³/mol. The number of aliphatic hydroxyl groups excluding tert-OH is 1. The van der Waals surface area contributed by atoms with E-state index in [-0.39, 0.29) is 18.6 Å². The number of hydrogen-bond acceptors (Lipinski definition) is 7. The van der Waals surface area contributed by atoms with Crippen LogP contribution in [0.1, 0.15) is 18.1 Å². The van der Waals surface area contributed by atoms with Gasteiger partial charge in [-0.05, 0) is 36.6 Å². The number of carboxylic acid groups (broad SMARTS) is 1. The van der Waals surface area contributed by atoms with Gasteiger partial charge >= 0.3 is 5.97 Å². The molecule has 0 aromatic heterocycles. The van der Waals surface area contributed by atoms with Gasteiger partial charge in [-0.3, -0.25) is 14.4 Å². The third kappa shape index (κ3) is 8.72. The molecule has 0 saturated heterocycles. The highest BCUT2D eigenvalue weighted by Gasteiger charge is 2.28. The maximum Gasteiger partial charge on any atom is 0.326 e. The first-order valence-corrected chi connectivity index (χ1v) is 10.9. The van der Waals surface area contributed by atoms with E-state index in [2.05, 4.69) is 16.0 Å². The topological polar surface area (TPSA) is 191 Å². The molecule has 4 unspecified atom stereocenters. The molecule has 11 heteroatoms. The summed E-state index contributed by atoms with van der Waals surface area (Å²) in [6, 6.07) is 10.1. The highest BCUT2D eigenvalue weighted by atomic mass is 16.4. The summed E-state index contributed by atoms with van der Waals surface area (Å²) in [5.74, 6) is -3.45. The number of phenols is 1. The Morgan fingerprint density at radius 3 is 1.94 bits per heavy atom. The zero-order chi connectivity index (χ0) is 26.0. The molecule has 0 saturated carbocycles. The van der Waals surface area contributed by atoms with Gasteiger partial charge in [0.1, 0.15) is 23.9 Å². The minimum atomic E-state index is -1.43. The third-order valence-corrected chi connectivity index (χ3v) is 5.19. The first kappa shape index (κ1) is 27.3. The Labute approximate surface area is 202 Å². The van der Waals surface area contributed by atoms with Crippen molar-refractivity contribution in [3.05, 3.63) is 65.7 Å². The summed E-state index contributed by atoms with van der Waals surface area (Å²) in [5.41, 5.74) is 7.29. The minimum Gasteiger partial charge on any atom is -0.508 e. The number of phenolic OH excluding ortho intramolecular Hbond substituents is 1. The van der Waals surface area contributed by atoms with Crippen molar-refractivity contribution >= 4 is 23.7 Å². The number of nitrogens with two attached hydrogens (primary N) is 1. The summed E-state index contributed by atoms with van der Waals surface area (Å²) >= 11 is 0. The second-order valence-corrected chi connectivity index (χ2v) is 8.04. The smallest absolute Gasteiger partial charge is 0.326 e. The minimum absolute atomic E-state index is 0.0133. The number of aliphatic hydroxyl groups is 1. The number of amides is 3. The molecule has 0 spiro atoms. The number of rotatable bonds is 12. The molecule has 2 rings (SSSR count). The summed E-state index contributed by atoms with van der Waals surface area (Å²) in [7, 11) is 0. The average Bonchev–Trinajstić information content (AvgIpc) is 2.83. The van der Waals surface area contributed by atoms with Gasteiger partial charge in [0.15, 0.2) is 0 Å². The molecule has 0 aliphatic carbocycles. The van der Waals surface area contributed by atoms with Crippen LogP contribution >= 0.6 is 0 Å². The average molecular weight is 487 g/mol. The van der Waals surface area contributed by atoms with Gasteiger partial charge in [0.2, 0.25) is 17.7 Å². The molecule has 3 amide bonds. The zero-order valence-electron chi connectivity index (χ0n) is 19.2. The summed E-state index contributed by atoms with van der Waals surface area (Å²) in [5, 5.41) is 35.4. The van der Waals surface area contributed by atoms with Crippen molar-refractivity contribution in [1.82, 2.24) is 16.0 Å². The van der Waals surface area contributed by atoms with Gasteiger partial charge in [0.05, 0.1) is 12.6 Å². The van der Waals surface area contributed by atoms with E-state index in [4.69, 9.17) is 5.73 Å². The van der Waals surface area contributed by atoms with Crippen LogP contribution < -0.4 is 21.7 Å².